The van der Waals surface area contributed by atoms with Gasteiger partial charge in [-0.05, 0) is 62.5 Å². The average Bonchev–Trinajstić information content (AvgIpc) is 3.53. The van der Waals surface area contributed by atoms with E-state index in [0.29, 0.717) is 41.1 Å². The van der Waals surface area contributed by atoms with Crippen LogP contribution in [0, 0.1) is 0 Å². The van der Waals surface area contributed by atoms with Crippen molar-refractivity contribution in [3.05, 3.63) is 40.6 Å². The van der Waals surface area contributed by atoms with Crippen molar-refractivity contribution in [2.75, 3.05) is 26.9 Å². The Bertz CT molecular complexity index is 1050. The number of nitrogens with one attached hydrogen (secondary N) is 1. The van der Waals surface area contributed by atoms with E-state index in [4.69, 9.17) is 14.0 Å². The second-order valence-electron chi connectivity index (χ2n) is 7.64. The zero-order valence-corrected chi connectivity index (χ0v) is 17.5. The van der Waals surface area contributed by atoms with Crippen LogP contribution in [0.15, 0.2) is 39.5 Å². The Hall–Kier alpha value is -2.84. The molecule has 2 aromatic heterocycles. The smallest absolute Gasteiger partial charge is 0.257 e. The van der Waals surface area contributed by atoms with Crippen LogP contribution < -0.4 is 14.8 Å². The van der Waals surface area contributed by atoms with Gasteiger partial charge in [0.05, 0.1) is 0 Å². The van der Waals surface area contributed by atoms with Crippen molar-refractivity contribution in [1.82, 2.24) is 15.4 Å². The lowest BCUT2D eigenvalue weighted by molar-refractivity contribution is 0.0951. The Kier molecular flexibility index (Phi) is 5.18. The minimum absolute atomic E-state index is 0.175. The predicted octanol–water partition coefficient (Wildman–Crippen LogP) is 4.01. The maximum absolute atomic E-state index is 13.2. The van der Waals surface area contributed by atoms with Gasteiger partial charge in [-0.2, -0.15) is 11.3 Å². The largest absolute Gasteiger partial charge is 0.454 e. The molecule has 1 fully saturated rings. The van der Waals surface area contributed by atoms with Crippen molar-refractivity contribution in [1.29, 1.82) is 0 Å². The van der Waals surface area contributed by atoms with Crippen molar-refractivity contribution in [2.24, 2.45) is 0 Å². The van der Waals surface area contributed by atoms with E-state index in [2.05, 4.69) is 22.4 Å². The molecule has 5 rings (SSSR count). The molecule has 30 heavy (non-hydrogen) atoms. The lowest BCUT2D eigenvalue weighted by Gasteiger charge is -2.19. The van der Waals surface area contributed by atoms with Crippen molar-refractivity contribution in [3.63, 3.8) is 0 Å². The molecule has 0 aliphatic carbocycles. The summed E-state index contributed by atoms with van der Waals surface area (Å²) >= 11 is 1.55. The Morgan fingerprint density at radius 1 is 1.27 bits per heavy atom. The molecule has 156 valence electrons. The molecule has 1 saturated heterocycles. The number of thiophene rings is 1. The van der Waals surface area contributed by atoms with Crippen LogP contribution in [0.5, 0.6) is 11.5 Å². The normalized spacial score (nSPS) is 18.1. The van der Waals surface area contributed by atoms with Gasteiger partial charge in [-0.25, -0.2) is 0 Å². The molecule has 3 aromatic rings. The Labute approximate surface area is 178 Å². The molecule has 0 spiro atoms. The summed E-state index contributed by atoms with van der Waals surface area (Å²) in [4.78, 5) is 15.6. The molecule has 0 unspecified atom stereocenters. The molecule has 2 aliphatic rings. The highest BCUT2D eigenvalue weighted by atomic mass is 32.1. The molecule has 0 saturated carbocycles. The maximum atomic E-state index is 13.2. The summed E-state index contributed by atoms with van der Waals surface area (Å²) in [7, 11) is 2.14. The number of rotatable bonds is 6. The first kappa shape index (κ1) is 19.1. The molecular formula is C22H23N3O4S. The van der Waals surface area contributed by atoms with Crippen LogP contribution >= 0.6 is 11.3 Å². The van der Waals surface area contributed by atoms with E-state index in [1.807, 2.05) is 35.0 Å². The minimum atomic E-state index is -0.175. The molecule has 4 heterocycles. The Morgan fingerprint density at radius 3 is 2.97 bits per heavy atom. The highest BCUT2D eigenvalue weighted by Gasteiger charge is 2.27. The lowest BCUT2D eigenvalue weighted by Crippen LogP contribution is -2.32. The second-order valence-corrected chi connectivity index (χ2v) is 8.42. The zero-order valence-electron chi connectivity index (χ0n) is 16.7. The highest BCUT2D eigenvalue weighted by molar-refractivity contribution is 7.08. The standard InChI is InChI=1S/C22H23N3O4S/c1-25-9-2-3-16(25)6-8-23-22(26)19-20(24-29-21(19)15-7-10-30-12-15)14-4-5-17-18(11-14)28-13-27-17/h4-5,7,10-12,16H,2-3,6,8-9,13H2,1H3,(H,23,26)/t16-/m1/s1. The summed E-state index contributed by atoms with van der Waals surface area (Å²) in [6, 6.07) is 7.99. The predicted molar refractivity (Wildman–Crippen MR) is 114 cm³/mol. The Balaban J connectivity index is 1.43. The SMILES string of the molecule is CN1CCC[C@@H]1CCNC(=O)c1c(-c2ccc3c(c2)OCO3)noc1-c1ccsc1. The minimum Gasteiger partial charge on any atom is -0.454 e. The monoisotopic (exact) mass is 425 g/mol. The van der Waals surface area contributed by atoms with Crippen LogP contribution in [0.4, 0.5) is 0 Å². The number of benzene rings is 1. The topological polar surface area (TPSA) is 76.8 Å². The third kappa shape index (κ3) is 3.57. The highest BCUT2D eigenvalue weighted by Crippen LogP contribution is 2.39. The van der Waals surface area contributed by atoms with Crippen molar-refractivity contribution >= 4 is 17.2 Å². The summed E-state index contributed by atoms with van der Waals surface area (Å²) in [5.41, 5.74) is 2.56. The van der Waals surface area contributed by atoms with Crippen LogP contribution in [0.2, 0.25) is 0 Å². The summed E-state index contributed by atoms with van der Waals surface area (Å²) < 4.78 is 16.5. The average molecular weight is 426 g/mol. The number of likely N-dealkylation sites (tertiary alicyclic amines) is 1. The maximum Gasteiger partial charge on any atom is 0.257 e. The number of nitrogens with zero attached hydrogens (tertiary/aromatic N) is 2. The summed E-state index contributed by atoms with van der Waals surface area (Å²) in [5, 5.41) is 11.2. The first-order valence-electron chi connectivity index (χ1n) is 10.1. The molecule has 1 aromatic carbocycles. The van der Waals surface area contributed by atoms with Crippen LogP contribution in [0.1, 0.15) is 29.6 Å². The molecular weight excluding hydrogens is 402 g/mol. The van der Waals surface area contributed by atoms with E-state index in [-0.39, 0.29) is 12.7 Å². The molecule has 8 heteroatoms. The van der Waals surface area contributed by atoms with Gasteiger partial charge in [0.2, 0.25) is 6.79 Å². The van der Waals surface area contributed by atoms with Crippen LogP contribution in [0.25, 0.3) is 22.6 Å². The van der Waals surface area contributed by atoms with E-state index in [1.165, 1.54) is 12.8 Å². The first-order chi connectivity index (χ1) is 14.7. The number of carbonyl (C=O) groups is 1. The van der Waals surface area contributed by atoms with Gasteiger partial charge in [0.25, 0.3) is 5.91 Å². The van der Waals surface area contributed by atoms with Gasteiger partial charge in [0.15, 0.2) is 17.3 Å². The van der Waals surface area contributed by atoms with Gasteiger partial charge in [-0.1, -0.05) is 5.16 Å². The number of carbonyl (C=O) groups excluding carboxylic acids is 1. The lowest BCUT2D eigenvalue weighted by atomic mass is 10.0. The van der Waals surface area contributed by atoms with Crippen LogP contribution in [0.3, 0.4) is 0 Å². The van der Waals surface area contributed by atoms with Crippen molar-refractivity contribution in [3.8, 4) is 34.1 Å². The number of ether oxygens (including phenoxy) is 2. The number of fused-ring (bicyclic) bond motifs is 1. The van der Waals surface area contributed by atoms with E-state index < -0.39 is 0 Å². The summed E-state index contributed by atoms with van der Waals surface area (Å²) in [5.74, 6) is 1.64. The fourth-order valence-corrected chi connectivity index (χ4v) is 4.75. The number of hydrogen-bond acceptors (Lipinski definition) is 7. The number of aromatic nitrogens is 1. The zero-order chi connectivity index (χ0) is 20.5. The molecule has 0 radical (unpaired) electrons. The fraction of sp³-hybridized carbons (Fsp3) is 0.364. The van der Waals surface area contributed by atoms with Crippen molar-refractivity contribution in [2.45, 2.75) is 25.3 Å². The van der Waals surface area contributed by atoms with E-state index in [1.54, 1.807) is 11.3 Å². The van der Waals surface area contributed by atoms with E-state index in [9.17, 15) is 4.79 Å². The van der Waals surface area contributed by atoms with Crippen LogP contribution in [-0.2, 0) is 0 Å². The molecule has 0 bridgehead atoms. The quantitative estimate of drug-likeness (QED) is 0.643. The van der Waals surface area contributed by atoms with Gasteiger partial charge < -0.3 is 24.2 Å². The molecule has 1 amide bonds. The van der Waals surface area contributed by atoms with E-state index >= 15 is 0 Å². The molecule has 1 atom stereocenters. The third-order valence-corrected chi connectivity index (χ3v) is 6.47. The summed E-state index contributed by atoms with van der Waals surface area (Å²) in [6.07, 6.45) is 3.33. The second kappa shape index (κ2) is 8.12. The molecule has 7 nitrogen and oxygen atoms in total. The molecule has 2 aliphatic heterocycles. The van der Waals surface area contributed by atoms with Crippen LogP contribution in [-0.4, -0.2) is 48.9 Å². The van der Waals surface area contributed by atoms with Gasteiger partial charge in [-0.3, -0.25) is 4.79 Å². The fourth-order valence-electron chi connectivity index (χ4n) is 4.12. The van der Waals surface area contributed by atoms with E-state index in [0.717, 1.165) is 24.1 Å². The van der Waals surface area contributed by atoms with Gasteiger partial charge in [0.1, 0.15) is 11.3 Å². The van der Waals surface area contributed by atoms with Gasteiger partial charge in [0, 0.05) is 29.1 Å². The molecule has 1 N–H and O–H groups in total. The number of hydrogen-bond donors (Lipinski definition) is 1. The van der Waals surface area contributed by atoms with Gasteiger partial charge in [-0.15, -0.1) is 0 Å². The summed E-state index contributed by atoms with van der Waals surface area (Å²) in [6.45, 7) is 1.93. The third-order valence-electron chi connectivity index (χ3n) is 5.78. The Morgan fingerprint density at radius 2 is 2.17 bits per heavy atom. The van der Waals surface area contributed by atoms with Gasteiger partial charge >= 0.3 is 0 Å². The first-order valence-corrected chi connectivity index (χ1v) is 11.1. The van der Waals surface area contributed by atoms with Crippen molar-refractivity contribution < 1.29 is 18.8 Å². The number of amides is 1.